The van der Waals surface area contributed by atoms with E-state index < -0.39 is 0 Å². The Hall–Kier alpha value is -5.81. The summed E-state index contributed by atoms with van der Waals surface area (Å²) in [5, 5.41) is 0. The van der Waals surface area contributed by atoms with Crippen LogP contribution in [-0.4, -0.2) is 24.9 Å². The van der Waals surface area contributed by atoms with E-state index in [2.05, 4.69) is 124 Å². The fraction of sp³-hybridized carbons (Fsp3) is 0.0263. The Labute approximate surface area is 249 Å². The van der Waals surface area contributed by atoms with Crippen LogP contribution in [0.5, 0.6) is 0 Å². The highest BCUT2D eigenvalue weighted by molar-refractivity contribution is 5.93. The molecule has 2 aliphatic rings. The van der Waals surface area contributed by atoms with Crippen LogP contribution in [0, 0.1) is 0 Å². The first-order valence-corrected chi connectivity index (χ1v) is 14.4. The Bertz CT molecular complexity index is 2050. The topological polar surface area (TPSA) is 70.2 Å². The van der Waals surface area contributed by atoms with Crippen molar-refractivity contribution in [3.63, 3.8) is 0 Å². The summed E-state index contributed by atoms with van der Waals surface area (Å²) in [5.41, 5.74) is 14.2. The van der Waals surface area contributed by atoms with Gasteiger partial charge >= 0.3 is 0 Å². The molecule has 4 aromatic heterocycles. The molecule has 0 aliphatic carbocycles. The van der Waals surface area contributed by atoms with Crippen LogP contribution in [0.4, 0.5) is 0 Å². The molecule has 0 saturated heterocycles. The summed E-state index contributed by atoms with van der Waals surface area (Å²) < 4.78 is 0. The smallest absolute Gasteiger partial charge is 0.0737 e. The summed E-state index contributed by atoms with van der Waals surface area (Å²) in [6.45, 7) is 0. The highest BCUT2D eigenvalue weighted by atomic mass is 14.8. The van der Waals surface area contributed by atoms with Crippen LogP contribution in [0.15, 0.2) is 116 Å². The monoisotopic (exact) mass is 553 g/mol. The predicted molar refractivity (Wildman–Crippen MR) is 177 cm³/mol. The molecule has 2 N–H and O–H groups in total. The van der Waals surface area contributed by atoms with E-state index in [4.69, 9.17) is 9.97 Å². The minimum Gasteiger partial charge on any atom is -0.355 e. The number of pyridine rings is 1. The standard InChI is InChI=1S/C38H27N5/c1-3-9-26(10-4-1)37-33-15-13-28(40-33)23-29-14-16-34(41-29)38(27-11-5-2-6-12-27)36-20-18-32(43-36)30(31-17-19-35(37)42-31)22-25-8-7-21-39-24-25/h1-21,23-24,40-41H,22H2. The first-order valence-electron chi connectivity index (χ1n) is 14.4. The van der Waals surface area contributed by atoms with Gasteiger partial charge in [-0.25, -0.2) is 9.97 Å². The highest BCUT2D eigenvalue weighted by Crippen LogP contribution is 2.34. The molecule has 6 heterocycles. The van der Waals surface area contributed by atoms with E-state index in [1.54, 1.807) is 6.20 Å². The second kappa shape index (κ2) is 10.5. The van der Waals surface area contributed by atoms with E-state index in [0.717, 1.165) is 78.2 Å². The van der Waals surface area contributed by atoms with Crippen molar-refractivity contribution in [3.8, 4) is 22.3 Å². The third-order valence-electron chi connectivity index (χ3n) is 7.91. The molecule has 0 saturated carbocycles. The maximum atomic E-state index is 5.25. The van der Waals surface area contributed by atoms with E-state index in [9.17, 15) is 0 Å². The zero-order valence-corrected chi connectivity index (χ0v) is 23.3. The number of rotatable bonds is 4. The Morgan fingerprint density at radius 1 is 0.512 bits per heavy atom. The van der Waals surface area contributed by atoms with E-state index in [-0.39, 0.29) is 0 Å². The van der Waals surface area contributed by atoms with Crippen molar-refractivity contribution in [2.75, 3.05) is 0 Å². The SMILES string of the molecule is C1=Cc2nc1c(Cc1cccnc1)c1nc(c(-c3ccccc3)c3ccc(cc4ccc([nH]4)c2-c2ccccc2)[nH]3)C=C1. The molecule has 2 aliphatic heterocycles. The van der Waals surface area contributed by atoms with Crippen LogP contribution in [0.3, 0.4) is 0 Å². The van der Waals surface area contributed by atoms with E-state index in [1.807, 2.05) is 24.4 Å². The van der Waals surface area contributed by atoms with Crippen molar-refractivity contribution >= 4 is 46.4 Å². The zero-order chi connectivity index (χ0) is 28.6. The molecule has 2 aromatic carbocycles. The lowest BCUT2D eigenvalue weighted by Crippen LogP contribution is -1.97. The van der Waals surface area contributed by atoms with Crippen molar-refractivity contribution in [3.05, 3.63) is 149 Å². The summed E-state index contributed by atoms with van der Waals surface area (Å²) in [5.74, 6) is 0. The largest absolute Gasteiger partial charge is 0.355 e. The molecule has 0 unspecified atom stereocenters. The molecule has 5 heteroatoms. The van der Waals surface area contributed by atoms with Crippen LogP contribution < -0.4 is 0 Å². The molecule has 0 amide bonds. The average Bonchev–Trinajstić information content (AvgIpc) is 3.88. The molecule has 0 atom stereocenters. The highest BCUT2D eigenvalue weighted by Gasteiger charge is 2.17. The summed E-state index contributed by atoms with van der Waals surface area (Å²) >= 11 is 0. The van der Waals surface area contributed by atoms with Gasteiger partial charge in [-0.05, 0) is 77.4 Å². The summed E-state index contributed by atoms with van der Waals surface area (Å²) in [7, 11) is 0. The summed E-state index contributed by atoms with van der Waals surface area (Å²) in [4.78, 5) is 22.2. The van der Waals surface area contributed by atoms with Gasteiger partial charge in [-0.15, -0.1) is 0 Å². The number of H-pyrrole nitrogens is 2. The van der Waals surface area contributed by atoms with Crippen molar-refractivity contribution < 1.29 is 0 Å². The molecule has 0 radical (unpaired) electrons. The van der Waals surface area contributed by atoms with Crippen LogP contribution in [-0.2, 0) is 6.42 Å². The van der Waals surface area contributed by atoms with Gasteiger partial charge in [0.25, 0.3) is 0 Å². The minimum absolute atomic E-state index is 0.663. The number of nitrogens with one attached hydrogen (secondary N) is 2. The fourth-order valence-corrected chi connectivity index (χ4v) is 5.90. The molecular formula is C38H27N5. The second-order valence-corrected chi connectivity index (χ2v) is 10.7. The maximum absolute atomic E-state index is 5.25. The third kappa shape index (κ3) is 4.77. The number of benzene rings is 2. The lowest BCUT2D eigenvalue weighted by Gasteiger charge is -2.06. The molecule has 43 heavy (non-hydrogen) atoms. The Morgan fingerprint density at radius 3 is 1.56 bits per heavy atom. The number of hydrogen-bond donors (Lipinski definition) is 2. The number of fused-ring (bicyclic) bond motifs is 8. The van der Waals surface area contributed by atoms with Gasteiger partial charge in [0.2, 0.25) is 0 Å². The molecule has 204 valence electrons. The predicted octanol–water partition coefficient (Wildman–Crippen LogP) is 8.98. The Kier molecular flexibility index (Phi) is 6.12. The van der Waals surface area contributed by atoms with Gasteiger partial charge in [0.05, 0.1) is 22.8 Å². The van der Waals surface area contributed by atoms with Crippen LogP contribution in [0.1, 0.15) is 33.9 Å². The average molecular weight is 554 g/mol. The van der Waals surface area contributed by atoms with Gasteiger partial charge in [0.15, 0.2) is 0 Å². The second-order valence-electron chi connectivity index (χ2n) is 10.7. The van der Waals surface area contributed by atoms with Gasteiger partial charge in [-0.1, -0.05) is 66.7 Å². The first-order chi connectivity index (χ1) is 21.3. The lowest BCUT2D eigenvalue weighted by atomic mass is 10.0. The van der Waals surface area contributed by atoms with Crippen LogP contribution in [0.25, 0.3) is 68.6 Å². The molecule has 0 fully saturated rings. The molecule has 8 bridgehead atoms. The van der Waals surface area contributed by atoms with Crippen molar-refractivity contribution in [2.24, 2.45) is 0 Å². The van der Waals surface area contributed by atoms with Gasteiger partial charge in [-0.2, -0.15) is 0 Å². The maximum Gasteiger partial charge on any atom is 0.0737 e. The molecule has 5 nitrogen and oxygen atoms in total. The molecule has 6 aromatic rings. The molecular weight excluding hydrogens is 526 g/mol. The lowest BCUT2D eigenvalue weighted by molar-refractivity contribution is 1.09. The molecule has 0 spiro atoms. The van der Waals surface area contributed by atoms with Crippen LogP contribution in [0.2, 0.25) is 0 Å². The van der Waals surface area contributed by atoms with Gasteiger partial charge < -0.3 is 9.97 Å². The Morgan fingerprint density at radius 2 is 1.05 bits per heavy atom. The van der Waals surface area contributed by atoms with Gasteiger partial charge in [0.1, 0.15) is 0 Å². The van der Waals surface area contributed by atoms with E-state index in [0.29, 0.717) is 6.42 Å². The summed E-state index contributed by atoms with van der Waals surface area (Å²) in [6, 6.07) is 35.6. The fourth-order valence-electron chi connectivity index (χ4n) is 5.90. The van der Waals surface area contributed by atoms with Crippen molar-refractivity contribution in [2.45, 2.75) is 6.42 Å². The van der Waals surface area contributed by atoms with Crippen molar-refractivity contribution in [1.82, 2.24) is 24.9 Å². The van der Waals surface area contributed by atoms with Crippen LogP contribution >= 0.6 is 0 Å². The van der Waals surface area contributed by atoms with Gasteiger partial charge in [0, 0.05) is 57.6 Å². The van der Waals surface area contributed by atoms with Crippen molar-refractivity contribution in [1.29, 1.82) is 0 Å². The summed E-state index contributed by atoms with van der Waals surface area (Å²) in [6.07, 6.45) is 12.9. The van der Waals surface area contributed by atoms with Gasteiger partial charge in [-0.3, -0.25) is 4.98 Å². The Balaban J connectivity index is 1.50. The minimum atomic E-state index is 0.663. The normalized spacial score (nSPS) is 12.1. The number of nitrogens with zero attached hydrogens (tertiary/aromatic N) is 3. The first kappa shape index (κ1) is 24.9. The quantitative estimate of drug-likeness (QED) is 0.228. The van der Waals surface area contributed by atoms with E-state index in [1.165, 1.54) is 0 Å². The number of hydrogen-bond acceptors (Lipinski definition) is 3. The zero-order valence-electron chi connectivity index (χ0n) is 23.3. The molecule has 8 rings (SSSR count). The van der Waals surface area contributed by atoms with E-state index >= 15 is 0 Å². The number of aromatic amines is 2. The third-order valence-corrected chi connectivity index (χ3v) is 7.91. The number of aromatic nitrogens is 5.